The molecule has 2 N–H and O–H groups in total. The summed E-state index contributed by atoms with van der Waals surface area (Å²) < 4.78 is 5.18. The first-order chi connectivity index (χ1) is 16.9. The van der Waals surface area contributed by atoms with Crippen molar-refractivity contribution in [2.45, 2.75) is 32.7 Å². The lowest BCUT2D eigenvalue weighted by atomic mass is 10.0. The second-order valence-electron chi connectivity index (χ2n) is 8.96. The maximum atomic E-state index is 13.2. The van der Waals surface area contributed by atoms with Crippen LogP contribution >= 0.6 is 0 Å². The number of nitrogens with one attached hydrogen (secondary N) is 2. The fraction of sp³-hybridized carbons (Fsp3) is 0.286. The first-order valence-corrected chi connectivity index (χ1v) is 11.9. The van der Waals surface area contributed by atoms with Crippen molar-refractivity contribution >= 4 is 29.1 Å². The Kier molecular flexibility index (Phi) is 7.55. The van der Waals surface area contributed by atoms with Crippen LogP contribution < -0.4 is 20.3 Å². The number of benzene rings is 3. The molecule has 0 aromatic heterocycles. The summed E-state index contributed by atoms with van der Waals surface area (Å²) in [5.74, 6) is 1.15. The molecular formula is C28H32N4O3. The minimum atomic E-state index is -0.352. The summed E-state index contributed by atoms with van der Waals surface area (Å²) in [5.41, 5.74) is 4.52. The number of methoxy groups -OCH3 is 1. The van der Waals surface area contributed by atoms with E-state index in [2.05, 4.69) is 48.7 Å². The molecule has 4 rings (SSSR count). The first kappa shape index (κ1) is 24.1. The molecule has 182 valence electrons. The third-order valence-electron chi connectivity index (χ3n) is 6.10. The molecule has 0 atom stereocenters. The molecule has 1 aliphatic rings. The van der Waals surface area contributed by atoms with E-state index in [1.165, 1.54) is 5.56 Å². The molecule has 0 unspecified atom stereocenters. The zero-order valence-corrected chi connectivity index (χ0v) is 20.5. The number of carbonyl (C=O) groups is 2. The third kappa shape index (κ3) is 6.12. The lowest BCUT2D eigenvalue weighted by Gasteiger charge is -2.35. The van der Waals surface area contributed by atoms with E-state index in [1.54, 1.807) is 36.3 Å². The van der Waals surface area contributed by atoms with Crippen LogP contribution in [0.2, 0.25) is 0 Å². The normalized spacial score (nSPS) is 13.7. The van der Waals surface area contributed by atoms with Gasteiger partial charge in [0.25, 0.3) is 0 Å². The lowest BCUT2D eigenvalue weighted by Crippen LogP contribution is -2.49. The van der Waals surface area contributed by atoms with Gasteiger partial charge in [0.1, 0.15) is 5.75 Å². The van der Waals surface area contributed by atoms with Gasteiger partial charge in [0.2, 0.25) is 0 Å². The van der Waals surface area contributed by atoms with Crippen LogP contribution in [0.3, 0.4) is 0 Å². The average molecular weight is 473 g/mol. The Hall–Kier alpha value is -4.00. The van der Waals surface area contributed by atoms with Crippen LogP contribution in [0.1, 0.15) is 37.3 Å². The molecule has 1 fully saturated rings. The van der Waals surface area contributed by atoms with Crippen LogP contribution in [0.15, 0.2) is 72.8 Å². The van der Waals surface area contributed by atoms with Crippen LogP contribution in [0.25, 0.3) is 0 Å². The molecular weight excluding hydrogens is 440 g/mol. The van der Waals surface area contributed by atoms with Crippen molar-refractivity contribution in [3.8, 4) is 5.75 Å². The number of rotatable bonds is 7. The Bertz CT molecular complexity index is 1160. The minimum absolute atomic E-state index is 0.000614. The van der Waals surface area contributed by atoms with Crippen molar-refractivity contribution in [2.24, 2.45) is 0 Å². The highest BCUT2D eigenvalue weighted by atomic mass is 16.5. The smallest absolute Gasteiger partial charge is 0.324 e. The van der Waals surface area contributed by atoms with Crippen LogP contribution in [-0.4, -0.2) is 37.2 Å². The van der Waals surface area contributed by atoms with Gasteiger partial charge in [-0.2, -0.15) is 0 Å². The van der Waals surface area contributed by atoms with Gasteiger partial charge in [0.05, 0.1) is 7.11 Å². The van der Waals surface area contributed by atoms with E-state index in [0.29, 0.717) is 36.1 Å². The van der Waals surface area contributed by atoms with Crippen molar-refractivity contribution in [3.05, 3.63) is 83.9 Å². The molecule has 0 radical (unpaired) electrons. The van der Waals surface area contributed by atoms with Crippen LogP contribution in [0.5, 0.6) is 5.75 Å². The number of urea groups is 2. The zero-order chi connectivity index (χ0) is 24.8. The van der Waals surface area contributed by atoms with E-state index < -0.39 is 0 Å². The Labute approximate surface area is 206 Å². The standard InChI is InChI=1S/C28H32N4O3/c1-20(2)22-10-8-21(9-11-22)19-31-16-5-17-32(28(31)34)25-14-12-23(13-15-25)29-27(33)30-24-6-4-7-26(18-24)35-3/h4,6-15,18,20H,5,16-17,19H2,1-3H3,(H2,29,30,33). The summed E-state index contributed by atoms with van der Waals surface area (Å²) in [4.78, 5) is 29.2. The van der Waals surface area contributed by atoms with Crippen molar-refractivity contribution in [1.29, 1.82) is 0 Å². The highest BCUT2D eigenvalue weighted by Gasteiger charge is 2.26. The largest absolute Gasteiger partial charge is 0.497 e. The molecule has 0 bridgehead atoms. The maximum absolute atomic E-state index is 13.2. The van der Waals surface area contributed by atoms with Crippen LogP contribution in [0.4, 0.5) is 26.7 Å². The molecule has 1 saturated heterocycles. The summed E-state index contributed by atoms with van der Waals surface area (Å²) in [6.07, 6.45) is 0.902. The fourth-order valence-corrected chi connectivity index (χ4v) is 4.12. The van der Waals surface area contributed by atoms with E-state index in [1.807, 2.05) is 29.2 Å². The summed E-state index contributed by atoms with van der Waals surface area (Å²) in [6, 6.07) is 22.6. The van der Waals surface area contributed by atoms with Gasteiger partial charge in [-0.05, 0) is 59.9 Å². The predicted molar refractivity (Wildman–Crippen MR) is 140 cm³/mol. The summed E-state index contributed by atoms with van der Waals surface area (Å²) in [5, 5.41) is 5.61. The van der Waals surface area contributed by atoms with Gasteiger partial charge in [-0.15, -0.1) is 0 Å². The quantitative estimate of drug-likeness (QED) is 0.424. The van der Waals surface area contributed by atoms with Crippen molar-refractivity contribution in [2.75, 3.05) is 35.7 Å². The van der Waals surface area contributed by atoms with Gasteiger partial charge in [0.15, 0.2) is 0 Å². The van der Waals surface area contributed by atoms with E-state index >= 15 is 0 Å². The lowest BCUT2D eigenvalue weighted by molar-refractivity contribution is 0.192. The Morgan fingerprint density at radius 3 is 2.34 bits per heavy atom. The molecule has 7 heteroatoms. The molecule has 1 aliphatic heterocycles. The number of hydrogen-bond acceptors (Lipinski definition) is 3. The third-order valence-corrected chi connectivity index (χ3v) is 6.10. The fourth-order valence-electron chi connectivity index (χ4n) is 4.12. The first-order valence-electron chi connectivity index (χ1n) is 11.9. The number of amides is 4. The highest BCUT2D eigenvalue weighted by Crippen LogP contribution is 2.24. The van der Waals surface area contributed by atoms with Crippen molar-refractivity contribution < 1.29 is 14.3 Å². The van der Waals surface area contributed by atoms with Crippen LogP contribution in [0, 0.1) is 0 Å². The zero-order valence-electron chi connectivity index (χ0n) is 20.5. The maximum Gasteiger partial charge on any atom is 0.324 e. The number of carbonyl (C=O) groups excluding carboxylic acids is 2. The van der Waals surface area contributed by atoms with Gasteiger partial charge < -0.3 is 20.3 Å². The molecule has 0 spiro atoms. The minimum Gasteiger partial charge on any atom is -0.497 e. The average Bonchev–Trinajstić information content (AvgIpc) is 2.86. The van der Waals surface area contributed by atoms with E-state index in [-0.39, 0.29) is 12.1 Å². The molecule has 35 heavy (non-hydrogen) atoms. The summed E-state index contributed by atoms with van der Waals surface area (Å²) in [6.45, 7) is 6.36. The van der Waals surface area contributed by atoms with Gasteiger partial charge >= 0.3 is 12.1 Å². The van der Waals surface area contributed by atoms with Gasteiger partial charge in [-0.25, -0.2) is 9.59 Å². The Balaban J connectivity index is 1.36. The Morgan fingerprint density at radius 1 is 0.943 bits per heavy atom. The second-order valence-corrected chi connectivity index (χ2v) is 8.96. The second kappa shape index (κ2) is 11.0. The van der Waals surface area contributed by atoms with Gasteiger partial charge in [-0.1, -0.05) is 44.2 Å². The van der Waals surface area contributed by atoms with Gasteiger partial charge in [0, 0.05) is 42.8 Å². The SMILES string of the molecule is COc1cccc(NC(=O)Nc2ccc(N3CCCN(Cc4ccc(C(C)C)cc4)C3=O)cc2)c1. The van der Waals surface area contributed by atoms with Crippen molar-refractivity contribution in [3.63, 3.8) is 0 Å². The molecule has 3 aromatic carbocycles. The monoisotopic (exact) mass is 472 g/mol. The van der Waals surface area contributed by atoms with Gasteiger partial charge in [-0.3, -0.25) is 4.90 Å². The Morgan fingerprint density at radius 2 is 1.66 bits per heavy atom. The predicted octanol–water partition coefficient (Wildman–Crippen LogP) is 6.29. The van der Waals surface area contributed by atoms with Crippen molar-refractivity contribution in [1.82, 2.24) is 4.90 Å². The molecule has 0 saturated carbocycles. The number of anilines is 3. The molecule has 1 heterocycles. The highest BCUT2D eigenvalue weighted by molar-refractivity contribution is 6.00. The van der Waals surface area contributed by atoms with Crippen LogP contribution in [-0.2, 0) is 6.54 Å². The van der Waals surface area contributed by atoms with E-state index in [4.69, 9.17) is 4.74 Å². The number of nitrogens with zero attached hydrogens (tertiary/aromatic N) is 2. The molecule has 4 amide bonds. The topological polar surface area (TPSA) is 73.9 Å². The molecule has 0 aliphatic carbocycles. The number of ether oxygens (including phenoxy) is 1. The van der Waals surface area contributed by atoms with E-state index in [0.717, 1.165) is 24.2 Å². The molecule has 7 nitrogen and oxygen atoms in total. The number of hydrogen-bond donors (Lipinski definition) is 2. The summed E-state index contributed by atoms with van der Waals surface area (Å²) >= 11 is 0. The van der Waals surface area contributed by atoms with E-state index in [9.17, 15) is 9.59 Å². The summed E-state index contributed by atoms with van der Waals surface area (Å²) in [7, 11) is 1.58. The molecule has 3 aromatic rings.